The predicted octanol–water partition coefficient (Wildman–Crippen LogP) is 3.05. The van der Waals surface area contributed by atoms with Crippen LogP contribution in [-0.4, -0.2) is 12.8 Å². The second-order valence-corrected chi connectivity index (χ2v) is 3.99. The molecule has 0 aliphatic carbocycles. The van der Waals surface area contributed by atoms with Gasteiger partial charge in [-0.3, -0.25) is 0 Å². The summed E-state index contributed by atoms with van der Waals surface area (Å²) in [6.07, 6.45) is 2.98. The lowest BCUT2D eigenvalue weighted by Gasteiger charge is -2.05. The van der Waals surface area contributed by atoms with Crippen molar-refractivity contribution in [1.82, 2.24) is 5.32 Å². The number of benzene rings is 1. The molecule has 0 aliphatic heterocycles. The molecule has 0 saturated carbocycles. The summed E-state index contributed by atoms with van der Waals surface area (Å²) in [6.45, 7) is 3.84. The molecule has 0 fully saturated rings. The van der Waals surface area contributed by atoms with Gasteiger partial charge in [-0.1, -0.05) is 13.0 Å². The van der Waals surface area contributed by atoms with Crippen LogP contribution in [0.1, 0.15) is 18.9 Å². The van der Waals surface area contributed by atoms with Gasteiger partial charge in [0.25, 0.3) is 0 Å². The van der Waals surface area contributed by atoms with Gasteiger partial charge in [-0.2, -0.15) is 0 Å². The van der Waals surface area contributed by atoms with Crippen molar-refractivity contribution in [2.75, 3.05) is 12.8 Å². The maximum Gasteiger partial charge on any atom is 0.137 e. The molecule has 0 aromatic heterocycles. The van der Waals surface area contributed by atoms with Crippen molar-refractivity contribution >= 4 is 11.8 Å². The van der Waals surface area contributed by atoms with Gasteiger partial charge in [0.2, 0.25) is 0 Å². The van der Waals surface area contributed by atoms with E-state index in [4.69, 9.17) is 0 Å². The molecule has 3 heteroatoms. The molecule has 0 saturated heterocycles. The van der Waals surface area contributed by atoms with Crippen LogP contribution >= 0.6 is 11.8 Å². The summed E-state index contributed by atoms with van der Waals surface area (Å²) in [7, 11) is 0. The molecule has 14 heavy (non-hydrogen) atoms. The molecule has 0 radical (unpaired) electrons. The smallest absolute Gasteiger partial charge is 0.137 e. The molecule has 0 aliphatic rings. The first-order valence-electron chi connectivity index (χ1n) is 4.81. The van der Waals surface area contributed by atoms with Crippen molar-refractivity contribution in [1.29, 1.82) is 0 Å². The maximum atomic E-state index is 13.3. The van der Waals surface area contributed by atoms with E-state index in [1.54, 1.807) is 6.07 Å². The van der Waals surface area contributed by atoms with Crippen LogP contribution in [0, 0.1) is 5.82 Å². The van der Waals surface area contributed by atoms with Crippen LogP contribution in [-0.2, 0) is 6.54 Å². The number of hydrogen-bond donors (Lipinski definition) is 1. The number of hydrogen-bond acceptors (Lipinski definition) is 2. The number of nitrogens with one attached hydrogen (secondary N) is 1. The van der Waals surface area contributed by atoms with E-state index in [2.05, 4.69) is 12.2 Å². The topological polar surface area (TPSA) is 12.0 Å². The number of halogens is 1. The van der Waals surface area contributed by atoms with Gasteiger partial charge in [-0.05, 0) is 36.9 Å². The van der Waals surface area contributed by atoms with E-state index in [0.717, 1.165) is 25.1 Å². The molecule has 1 N–H and O–H groups in total. The van der Waals surface area contributed by atoms with Gasteiger partial charge in [-0.15, -0.1) is 11.8 Å². The third-order valence-electron chi connectivity index (χ3n) is 1.97. The van der Waals surface area contributed by atoms with Gasteiger partial charge < -0.3 is 5.32 Å². The SMILES string of the molecule is CCCNCc1ccc(SC)c(F)c1. The summed E-state index contributed by atoms with van der Waals surface area (Å²) >= 11 is 1.44. The maximum absolute atomic E-state index is 13.3. The molecule has 1 aromatic rings. The highest BCUT2D eigenvalue weighted by Crippen LogP contribution is 2.19. The highest BCUT2D eigenvalue weighted by molar-refractivity contribution is 7.98. The van der Waals surface area contributed by atoms with Crippen LogP contribution in [0.15, 0.2) is 23.1 Å². The molecule has 1 rings (SSSR count). The molecule has 78 valence electrons. The Morgan fingerprint density at radius 3 is 2.79 bits per heavy atom. The molecule has 0 heterocycles. The lowest BCUT2D eigenvalue weighted by atomic mass is 10.2. The molecule has 0 unspecified atom stereocenters. The standard InChI is InChI=1S/C11H16FNS/c1-3-6-13-8-9-4-5-11(14-2)10(12)7-9/h4-5,7,13H,3,6,8H2,1-2H3. The summed E-state index contributed by atoms with van der Waals surface area (Å²) in [6, 6.07) is 5.41. The molecule has 0 atom stereocenters. The first kappa shape index (κ1) is 11.5. The van der Waals surface area contributed by atoms with Crippen molar-refractivity contribution < 1.29 is 4.39 Å². The van der Waals surface area contributed by atoms with E-state index in [-0.39, 0.29) is 5.82 Å². The van der Waals surface area contributed by atoms with Crippen molar-refractivity contribution in [3.63, 3.8) is 0 Å². The molecular formula is C11H16FNS. The third-order valence-corrected chi connectivity index (χ3v) is 2.74. The third kappa shape index (κ3) is 3.31. The van der Waals surface area contributed by atoms with Gasteiger partial charge >= 0.3 is 0 Å². The van der Waals surface area contributed by atoms with Gasteiger partial charge in [0, 0.05) is 11.4 Å². The zero-order chi connectivity index (χ0) is 10.4. The summed E-state index contributed by atoms with van der Waals surface area (Å²) in [5.41, 5.74) is 1.01. The molecule has 1 nitrogen and oxygen atoms in total. The van der Waals surface area contributed by atoms with Crippen molar-refractivity contribution in [3.05, 3.63) is 29.6 Å². The van der Waals surface area contributed by atoms with Crippen LogP contribution < -0.4 is 5.32 Å². The molecule has 0 bridgehead atoms. The van der Waals surface area contributed by atoms with Gasteiger partial charge in [0.1, 0.15) is 5.82 Å². The molecule has 0 spiro atoms. The summed E-state index contributed by atoms with van der Waals surface area (Å²) < 4.78 is 13.3. The highest BCUT2D eigenvalue weighted by Gasteiger charge is 2.01. The zero-order valence-corrected chi connectivity index (χ0v) is 9.46. The zero-order valence-electron chi connectivity index (χ0n) is 8.64. The minimum absolute atomic E-state index is 0.117. The summed E-state index contributed by atoms with van der Waals surface area (Å²) in [5, 5.41) is 3.24. The van der Waals surface area contributed by atoms with Crippen molar-refractivity contribution in [2.45, 2.75) is 24.8 Å². The van der Waals surface area contributed by atoms with E-state index in [9.17, 15) is 4.39 Å². The predicted molar refractivity (Wildman–Crippen MR) is 60.2 cm³/mol. The quantitative estimate of drug-likeness (QED) is 0.596. The summed E-state index contributed by atoms with van der Waals surface area (Å²) in [5.74, 6) is -0.117. The van der Waals surface area contributed by atoms with Crippen LogP contribution in [0.4, 0.5) is 4.39 Å². The van der Waals surface area contributed by atoms with Crippen molar-refractivity contribution in [3.8, 4) is 0 Å². The Bertz CT molecular complexity index is 289. The van der Waals surface area contributed by atoms with Crippen LogP contribution in [0.5, 0.6) is 0 Å². The van der Waals surface area contributed by atoms with Gasteiger partial charge in [0.15, 0.2) is 0 Å². The minimum Gasteiger partial charge on any atom is -0.313 e. The highest BCUT2D eigenvalue weighted by atomic mass is 32.2. The van der Waals surface area contributed by atoms with Crippen LogP contribution in [0.3, 0.4) is 0 Å². The fraction of sp³-hybridized carbons (Fsp3) is 0.455. The van der Waals surface area contributed by atoms with E-state index in [1.807, 2.05) is 18.4 Å². The Hall–Kier alpha value is -0.540. The second kappa shape index (κ2) is 6.04. The normalized spacial score (nSPS) is 10.5. The molecule has 0 amide bonds. The Kier molecular flexibility index (Phi) is 4.98. The Balaban J connectivity index is 2.57. The monoisotopic (exact) mass is 213 g/mol. The van der Waals surface area contributed by atoms with E-state index < -0.39 is 0 Å². The average Bonchev–Trinajstić information content (AvgIpc) is 2.18. The average molecular weight is 213 g/mol. The van der Waals surface area contributed by atoms with E-state index >= 15 is 0 Å². The molecule has 1 aromatic carbocycles. The number of thioether (sulfide) groups is 1. The van der Waals surface area contributed by atoms with Gasteiger partial charge in [-0.25, -0.2) is 4.39 Å². The summed E-state index contributed by atoms with van der Waals surface area (Å²) in [4.78, 5) is 0.712. The Morgan fingerprint density at radius 2 is 2.21 bits per heavy atom. The largest absolute Gasteiger partial charge is 0.313 e. The fourth-order valence-electron chi connectivity index (χ4n) is 1.23. The van der Waals surface area contributed by atoms with Crippen molar-refractivity contribution in [2.24, 2.45) is 0 Å². The lowest BCUT2D eigenvalue weighted by molar-refractivity contribution is 0.595. The van der Waals surface area contributed by atoms with E-state index in [1.165, 1.54) is 11.8 Å². The molecular weight excluding hydrogens is 197 g/mol. The fourth-order valence-corrected chi connectivity index (χ4v) is 1.69. The Morgan fingerprint density at radius 1 is 1.43 bits per heavy atom. The minimum atomic E-state index is -0.117. The first-order chi connectivity index (χ1) is 6.77. The van der Waals surface area contributed by atoms with Gasteiger partial charge in [0.05, 0.1) is 0 Å². The van der Waals surface area contributed by atoms with Crippen LogP contribution in [0.2, 0.25) is 0 Å². The first-order valence-corrected chi connectivity index (χ1v) is 6.03. The van der Waals surface area contributed by atoms with E-state index in [0.29, 0.717) is 4.90 Å². The Labute approximate surface area is 89.1 Å². The van der Waals surface area contributed by atoms with Crippen LogP contribution in [0.25, 0.3) is 0 Å². The second-order valence-electron chi connectivity index (χ2n) is 3.15. The number of rotatable bonds is 5. The lowest BCUT2D eigenvalue weighted by Crippen LogP contribution is -2.13.